The Labute approximate surface area is 323 Å². The summed E-state index contributed by atoms with van der Waals surface area (Å²) in [4.78, 5) is 71.6. The summed E-state index contributed by atoms with van der Waals surface area (Å²) in [6, 6.07) is 5.56. The number of hydrogen-bond donors (Lipinski definition) is 1. The summed E-state index contributed by atoms with van der Waals surface area (Å²) in [6.07, 6.45) is 12.5. The smallest absolute Gasteiger partial charge is 0.272 e. The molecule has 3 amide bonds. The van der Waals surface area contributed by atoms with Crippen LogP contribution in [0.5, 0.6) is 0 Å². The Balaban J connectivity index is 0.862. The number of Topliss-reactive ketones (excluding diaryl/α,β-unsaturated/α-hetero) is 2. The molecule has 296 valence electrons. The zero-order valence-electron chi connectivity index (χ0n) is 32.5. The van der Waals surface area contributed by atoms with Crippen molar-refractivity contribution in [3.63, 3.8) is 0 Å². The molecule has 1 unspecified atom stereocenters. The van der Waals surface area contributed by atoms with Crippen LogP contribution in [0.25, 0.3) is 0 Å². The van der Waals surface area contributed by atoms with Crippen LogP contribution in [-0.2, 0) is 9.59 Å². The largest absolute Gasteiger partial charge is 0.369 e. The van der Waals surface area contributed by atoms with Crippen LogP contribution in [0.1, 0.15) is 135 Å². The van der Waals surface area contributed by atoms with E-state index in [1.165, 1.54) is 45.1 Å². The van der Waals surface area contributed by atoms with Crippen molar-refractivity contribution >= 4 is 40.8 Å². The van der Waals surface area contributed by atoms with Crippen molar-refractivity contribution in [1.82, 2.24) is 25.3 Å². The number of carbonyl (C=O) groups excluding carboxylic acids is 5. The first-order valence-electron chi connectivity index (χ1n) is 20.6. The first kappa shape index (κ1) is 39.0. The maximum absolute atomic E-state index is 15.5. The van der Waals surface area contributed by atoms with E-state index in [1.54, 1.807) is 13.0 Å². The van der Waals surface area contributed by atoms with Crippen molar-refractivity contribution in [1.29, 1.82) is 0 Å². The maximum atomic E-state index is 15.5. The second-order valence-electron chi connectivity index (χ2n) is 16.7. The molecular weight excluding hydrogens is 702 g/mol. The molecule has 1 N–H and O–H groups in total. The molecule has 1 atom stereocenters. The third-order valence-corrected chi connectivity index (χ3v) is 13.2. The van der Waals surface area contributed by atoms with Gasteiger partial charge in [-0.05, 0) is 113 Å². The van der Waals surface area contributed by atoms with Crippen LogP contribution in [0.4, 0.5) is 15.9 Å². The van der Waals surface area contributed by atoms with Crippen molar-refractivity contribution < 1.29 is 28.4 Å². The third kappa shape index (κ3) is 8.61. The molecule has 0 radical (unpaired) electrons. The monoisotopic (exact) mass is 757 g/mol. The summed E-state index contributed by atoms with van der Waals surface area (Å²) in [5, 5.41) is 11.8. The number of carbonyl (C=O) groups is 5. The van der Waals surface area contributed by atoms with Gasteiger partial charge in [0, 0.05) is 51.6 Å². The van der Waals surface area contributed by atoms with E-state index in [0.29, 0.717) is 42.2 Å². The Hall–Kier alpha value is -4.26. The molecule has 5 heterocycles. The van der Waals surface area contributed by atoms with Crippen molar-refractivity contribution in [2.45, 2.75) is 116 Å². The van der Waals surface area contributed by atoms with E-state index < -0.39 is 23.7 Å². The normalized spacial score (nSPS) is 21.5. The van der Waals surface area contributed by atoms with Crippen molar-refractivity contribution in [3.05, 3.63) is 46.9 Å². The van der Waals surface area contributed by atoms with Gasteiger partial charge in [-0.1, -0.05) is 26.2 Å². The van der Waals surface area contributed by atoms with Gasteiger partial charge >= 0.3 is 0 Å². The summed E-state index contributed by atoms with van der Waals surface area (Å²) in [7, 11) is 0. The molecule has 3 saturated heterocycles. The summed E-state index contributed by atoms with van der Waals surface area (Å²) < 4.78 is 15.5. The first-order valence-corrected chi connectivity index (χ1v) is 20.6. The van der Waals surface area contributed by atoms with E-state index in [4.69, 9.17) is 0 Å². The van der Waals surface area contributed by atoms with Crippen LogP contribution in [0.15, 0.2) is 24.3 Å². The van der Waals surface area contributed by atoms with Crippen LogP contribution in [-0.4, -0.2) is 107 Å². The lowest BCUT2D eigenvalue weighted by Gasteiger charge is -2.48. The minimum Gasteiger partial charge on any atom is -0.369 e. The quantitative estimate of drug-likeness (QED) is 0.273. The van der Waals surface area contributed by atoms with Gasteiger partial charge in [0.25, 0.3) is 17.7 Å². The molecule has 5 aliphatic rings. The minimum absolute atomic E-state index is 0.0271. The molecule has 4 fully saturated rings. The number of aromatic nitrogens is 2. The molecule has 1 aromatic heterocycles. The van der Waals surface area contributed by atoms with Gasteiger partial charge in [-0.3, -0.25) is 28.9 Å². The number of benzene rings is 1. The highest BCUT2D eigenvalue weighted by Crippen LogP contribution is 2.42. The molecular formula is C42H56FN7O5. The molecule has 2 aromatic rings. The topological polar surface area (TPSA) is 136 Å². The summed E-state index contributed by atoms with van der Waals surface area (Å²) in [5.74, 6) is -1.05. The molecule has 1 aliphatic carbocycles. The molecule has 12 nitrogen and oxygen atoms in total. The van der Waals surface area contributed by atoms with Gasteiger partial charge in [-0.2, -0.15) is 0 Å². The van der Waals surface area contributed by atoms with Gasteiger partial charge in [0.1, 0.15) is 11.6 Å². The molecule has 13 heteroatoms. The van der Waals surface area contributed by atoms with Crippen LogP contribution in [0, 0.1) is 17.2 Å². The number of imide groups is 1. The van der Waals surface area contributed by atoms with Crippen LogP contribution in [0.2, 0.25) is 0 Å². The fourth-order valence-corrected chi connectivity index (χ4v) is 9.54. The Kier molecular flexibility index (Phi) is 11.9. The minimum atomic E-state index is -1.05. The highest BCUT2D eigenvalue weighted by atomic mass is 19.1. The van der Waals surface area contributed by atoms with E-state index >= 15 is 4.39 Å². The van der Waals surface area contributed by atoms with E-state index in [9.17, 15) is 24.0 Å². The molecule has 1 aromatic carbocycles. The van der Waals surface area contributed by atoms with Crippen LogP contribution >= 0.6 is 0 Å². The summed E-state index contributed by atoms with van der Waals surface area (Å²) >= 11 is 0. The summed E-state index contributed by atoms with van der Waals surface area (Å²) in [6.45, 7) is 9.40. The van der Waals surface area contributed by atoms with E-state index in [0.717, 1.165) is 88.0 Å². The van der Waals surface area contributed by atoms with Crippen molar-refractivity contribution in [2.75, 3.05) is 55.6 Å². The molecule has 1 saturated carbocycles. The fraction of sp³-hybridized carbons (Fsp3) is 0.643. The number of likely N-dealkylation sites (tertiary alicyclic amines) is 1. The molecule has 1 spiro atoms. The lowest BCUT2D eigenvalue weighted by molar-refractivity contribution is -0.122. The van der Waals surface area contributed by atoms with Gasteiger partial charge in [0.15, 0.2) is 17.3 Å². The highest BCUT2D eigenvalue weighted by molar-refractivity contribution is 6.23. The second kappa shape index (κ2) is 16.9. The SMILES string of the molecule is CCC(=O)CCC(C(C)=O)N1C(=O)c2cc(F)c(N3CCC(CN4CCC5(CC4)CCN(c4ccc(C(=O)NC6CCCCC6)nn4)CC5)CC3)cc2C1=O. The third-order valence-electron chi connectivity index (χ3n) is 13.2. The number of halogens is 1. The van der Waals surface area contributed by atoms with Gasteiger partial charge in [0.05, 0.1) is 22.9 Å². The second-order valence-corrected chi connectivity index (χ2v) is 16.7. The van der Waals surface area contributed by atoms with Crippen molar-refractivity contribution in [3.8, 4) is 0 Å². The number of fused-ring (bicyclic) bond motifs is 1. The molecule has 4 aliphatic heterocycles. The standard InChI is InChI=1S/C42H56FN7O5/c1-3-31(52)9-11-36(28(2)51)50-40(54)32-25-34(43)37(26-33(32)41(50)55)48-19-13-29(14-20-48)27-47-21-15-42(16-22-47)17-23-49(24-18-42)38-12-10-35(45-46-38)39(53)44-30-7-5-4-6-8-30/h10,12,25-26,29-30,36H,3-9,11,13-24,27H2,1-2H3,(H,44,53). The summed E-state index contributed by atoms with van der Waals surface area (Å²) in [5.41, 5.74) is 1.14. The average molecular weight is 758 g/mol. The lowest BCUT2D eigenvalue weighted by atomic mass is 9.71. The van der Waals surface area contributed by atoms with Gasteiger partial charge in [0.2, 0.25) is 0 Å². The fourth-order valence-electron chi connectivity index (χ4n) is 9.54. The Morgan fingerprint density at radius 1 is 0.855 bits per heavy atom. The zero-order chi connectivity index (χ0) is 38.7. The van der Waals surface area contributed by atoms with E-state index in [1.807, 2.05) is 11.0 Å². The number of amides is 3. The molecule has 55 heavy (non-hydrogen) atoms. The van der Waals surface area contributed by atoms with E-state index in [-0.39, 0.29) is 47.5 Å². The van der Waals surface area contributed by atoms with E-state index in [2.05, 4.69) is 25.3 Å². The van der Waals surface area contributed by atoms with Gasteiger partial charge in [-0.25, -0.2) is 4.39 Å². The molecule has 0 bridgehead atoms. The number of rotatable bonds is 12. The maximum Gasteiger partial charge on any atom is 0.272 e. The van der Waals surface area contributed by atoms with Crippen LogP contribution in [0.3, 0.4) is 0 Å². The first-order chi connectivity index (χ1) is 26.5. The number of nitrogens with zero attached hydrogens (tertiary/aromatic N) is 6. The molecule has 7 rings (SSSR count). The number of ketones is 2. The van der Waals surface area contributed by atoms with Crippen LogP contribution < -0.4 is 15.1 Å². The highest BCUT2D eigenvalue weighted by Gasteiger charge is 2.43. The van der Waals surface area contributed by atoms with Gasteiger partial charge < -0.3 is 20.0 Å². The Morgan fingerprint density at radius 2 is 1.51 bits per heavy atom. The predicted octanol–water partition coefficient (Wildman–Crippen LogP) is 5.59. The zero-order valence-corrected chi connectivity index (χ0v) is 32.5. The Bertz CT molecular complexity index is 1750. The average Bonchev–Trinajstić information content (AvgIpc) is 3.43. The number of nitrogens with one attached hydrogen (secondary N) is 1. The number of hydrogen-bond acceptors (Lipinski definition) is 10. The van der Waals surface area contributed by atoms with Gasteiger partial charge in [-0.15, -0.1) is 10.2 Å². The Morgan fingerprint density at radius 3 is 2.13 bits per heavy atom. The predicted molar refractivity (Wildman–Crippen MR) is 207 cm³/mol. The number of piperidine rings is 3. The number of anilines is 2. The lowest BCUT2D eigenvalue weighted by Crippen LogP contribution is -2.48. The van der Waals surface area contributed by atoms with Crippen molar-refractivity contribution in [2.24, 2.45) is 11.3 Å².